The Morgan fingerprint density at radius 2 is 2.00 bits per heavy atom. The summed E-state index contributed by atoms with van der Waals surface area (Å²) in [7, 11) is -1.99. The van der Waals surface area contributed by atoms with Crippen molar-refractivity contribution < 1.29 is 12.8 Å². The number of rotatable bonds is 9. The van der Waals surface area contributed by atoms with Crippen LogP contribution in [-0.4, -0.2) is 24.5 Å². The molecule has 2 aromatic carbocycles. The number of hydrogen-bond donors (Lipinski definition) is 1. The van der Waals surface area contributed by atoms with Gasteiger partial charge in [0.25, 0.3) is 10.0 Å². The van der Waals surface area contributed by atoms with E-state index in [-0.39, 0.29) is 17.4 Å². The van der Waals surface area contributed by atoms with Crippen LogP contribution in [0, 0.1) is 11.7 Å². The maximum absolute atomic E-state index is 14.9. The van der Waals surface area contributed by atoms with E-state index in [4.69, 9.17) is 0 Å². The van der Waals surface area contributed by atoms with Crippen LogP contribution >= 0.6 is 0 Å². The van der Waals surface area contributed by atoms with Crippen LogP contribution in [0.4, 0.5) is 4.39 Å². The summed E-state index contributed by atoms with van der Waals surface area (Å²) in [4.78, 5) is 3.89. The maximum atomic E-state index is 14.9. The van der Waals surface area contributed by atoms with Crippen molar-refractivity contribution in [2.24, 2.45) is 13.0 Å². The lowest BCUT2D eigenvalue weighted by molar-refractivity contribution is 0.418. The van der Waals surface area contributed by atoms with Gasteiger partial charge in [-0.2, -0.15) is 0 Å². The monoisotopic (exact) mass is 455 g/mol. The highest BCUT2D eigenvalue weighted by molar-refractivity contribution is 7.89. The standard InChI is InChI=1S/C25H30FN3O2S/c1-3-7-19-13-21-15-24(26)20(10-11-28-32(30,31)25-16-29(2)17-27-25)14-23(21)22(19)12-18-8-5-4-6-9-18/h4-6,8-9,14-17,19,22,28H,3,7,10-13H2,1-2H3. The number of hydrogen-bond acceptors (Lipinski definition) is 3. The van der Waals surface area contributed by atoms with Gasteiger partial charge in [-0.1, -0.05) is 49.7 Å². The van der Waals surface area contributed by atoms with E-state index in [1.54, 1.807) is 17.7 Å². The van der Waals surface area contributed by atoms with E-state index < -0.39 is 10.0 Å². The van der Waals surface area contributed by atoms with Crippen LogP contribution in [0.15, 0.2) is 60.0 Å². The average Bonchev–Trinajstić information content (AvgIpc) is 3.34. The molecule has 32 heavy (non-hydrogen) atoms. The lowest BCUT2D eigenvalue weighted by atomic mass is 9.84. The molecule has 0 bridgehead atoms. The topological polar surface area (TPSA) is 64.0 Å². The van der Waals surface area contributed by atoms with Crippen LogP contribution in [-0.2, 0) is 36.3 Å². The number of aryl methyl sites for hydroxylation is 1. The number of imidazole rings is 1. The third-order valence-corrected chi connectivity index (χ3v) is 7.71. The minimum absolute atomic E-state index is 0.0280. The zero-order chi connectivity index (χ0) is 22.7. The predicted octanol–water partition coefficient (Wildman–Crippen LogP) is 4.38. The molecule has 1 N–H and O–H groups in total. The fraction of sp³-hybridized carbons (Fsp3) is 0.400. The van der Waals surface area contributed by atoms with Crippen molar-refractivity contribution in [3.05, 3.63) is 83.1 Å². The smallest absolute Gasteiger partial charge is 0.259 e. The lowest BCUT2D eigenvalue weighted by Crippen LogP contribution is -2.26. The summed E-state index contributed by atoms with van der Waals surface area (Å²) < 4.78 is 43.8. The maximum Gasteiger partial charge on any atom is 0.259 e. The summed E-state index contributed by atoms with van der Waals surface area (Å²) in [5.74, 6) is 0.612. The zero-order valence-corrected chi connectivity index (χ0v) is 19.4. The average molecular weight is 456 g/mol. The number of nitrogens with zero attached hydrogens (tertiary/aromatic N) is 2. The first-order valence-corrected chi connectivity index (χ1v) is 12.7. The second-order valence-corrected chi connectivity index (χ2v) is 10.4. The fourth-order valence-corrected chi connectivity index (χ4v) is 5.82. The molecule has 0 radical (unpaired) electrons. The lowest BCUT2D eigenvalue weighted by Gasteiger charge is -2.21. The largest absolute Gasteiger partial charge is 0.339 e. The van der Waals surface area contributed by atoms with Crippen LogP contribution in [0.5, 0.6) is 0 Å². The summed E-state index contributed by atoms with van der Waals surface area (Å²) in [5, 5.41) is -0.0280. The second kappa shape index (κ2) is 9.55. The Morgan fingerprint density at radius 3 is 2.69 bits per heavy atom. The number of sulfonamides is 1. The molecule has 0 aliphatic heterocycles. The van der Waals surface area contributed by atoms with Gasteiger partial charge in [-0.15, -0.1) is 0 Å². The van der Waals surface area contributed by atoms with Gasteiger partial charge in [0.15, 0.2) is 5.03 Å². The molecule has 0 fully saturated rings. The highest BCUT2D eigenvalue weighted by Gasteiger charge is 2.33. The van der Waals surface area contributed by atoms with Crippen molar-refractivity contribution in [2.45, 2.75) is 50.0 Å². The third-order valence-electron chi connectivity index (χ3n) is 6.36. The van der Waals surface area contributed by atoms with Crippen LogP contribution < -0.4 is 4.72 Å². The SMILES string of the molecule is CCCC1Cc2cc(F)c(CCNS(=O)(=O)c3cn(C)cn3)cc2C1Cc1ccccc1. The number of halogens is 1. The second-order valence-electron chi connectivity index (χ2n) is 8.72. The number of fused-ring (bicyclic) bond motifs is 1. The minimum Gasteiger partial charge on any atom is -0.339 e. The van der Waals surface area contributed by atoms with Gasteiger partial charge in [0.1, 0.15) is 5.82 Å². The first-order valence-electron chi connectivity index (χ1n) is 11.2. The van der Waals surface area contributed by atoms with Crippen molar-refractivity contribution in [3.8, 4) is 0 Å². The van der Waals surface area contributed by atoms with Gasteiger partial charge < -0.3 is 4.57 Å². The number of nitrogens with one attached hydrogen (secondary N) is 1. The van der Waals surface area contributed by atoms with E-state index in [2.05, 4.69) is 40.9 Å². The van der Waals surface area contributed by atoms with Crippen LogP contribution in [0.3, 0.4) is 0 Å². The summed E-state index contributed by atoms with van der Waals surface area (Å²) in [6, 6.07) is 14.1. The highest BCUT2D eigenvalue weighted by atomic mass is 32.2. The normalized spacial score (nSPS) is 18.1. The number of aromatic nitrogens is 2. The summed E-state index contributed by atoms with van der Waals surface area (Å²) >= 11 is 0. The minimum atomic E-state index is -3.71. The molecule has 3 aromatic rings. The molecular formula is C25H30FN3O2S. The van der Waals surface area contributed by atoms with Crippen LogP contribution in [0.25, 0.3) is 0 Å². The predicted molar refractivity (Wildman–Crippen MR) is 123 cm³/mol. The van der Waals surface area contributed by atoms with Gasteiger partial charge in [0, 0.05) is 19.8 Å². The fourth-order valence-electron chi connectivity index (χ4n) is 4.81. The molecule has 1 aliphatic carbocycles. The summed E-state index contributed by atoms with van der Waals surface area (Å²) in [6.45, 7) is 2.32. The Hall–Kier alpha value is -2.51. The van der Waals surface area contributed by atoms with Crippen molar-refractivity contribution in [1.82, 2.24) is 14.3 Å². The highest BCUT2D eigenvalue weighted by Crippen LogP contribution is 2.43. The Bertz CT molecular complexity index is 1180. The molecule has 7 heteroatoms. The Morgan fingerprint density at radius 1 is 1.22 bits per heavy atom. The van der Waals surface area contributed by atoms with Crippen molar-refractivity contribution in [1.29, 1.82) is 0 Å². The number of benzene rings is 2. The molecule has 2 atom stereocenters. The Balaban J connectivity index is 1.52. The molecule has 0 spiro atoms. The molecule has 0 saturated carbocycles. The van der Waals surface area contributed by atoms with Crippen LogP contribution in [0.2, 0.25) is 0 Å². The molecule has 1 aliphatic rings. The van der Waals surface area contributed by atoms with Gasteiger partial charge in [-0.3, -0.25) is 0 Å². The van der Waals surface area contributed by atoms with Gasteiger partial charge in [0.05, 0.1) is 6.33 Å². The summed E-state index contributed by atoms with van der Waals surface area (Å²) in [5.41, 5.74) is 4.17. The molecule has 1 heterocycles. The zero-order valence-electron chi connectivity index (χ0n) is 18.6. The first kappa shape index (κ1) is 22.7. The molecule has 0 saturated heterocycles. The molecule has 170 valence electrons. The van der Waals surface area contributed by atoms with Gasteiger partial charge in [-0.25, -0.2) is 22.5 Å². The van der Waals surface area contributed by atoms with Crippen LogP contribution in [0.1, 0.15) is 47.9 Å². The molecule has 0 amide bonds. The van der Waals surface area contributed by atoms with E-state index in [0.29, 0.717) is 23.8 Å². The third kappa shape index (κ3) is 4.94. The Kier molecular flexibility index (Phi) is 6.76. The molecule has 5 nitrogen and oxygen atoms in total. The van der Waals surface area contributed by atoms with E-state index in [1.807, 2.05) is 12.1 Å². The van der Waals surface area contributed by atoms with Crippen molar-refractivity contribution in [3.63, 3.8) is 0 Å². The van der Waals surface area contributed by atoms with Gasteiger partial charge in [-0.05, 0) is 65.8 Å². The van der Waals surface area contributed by atoms with Crippen molar-refractivity contribution in [2.75, 3.05) is 6.54 Å². The Labute approximate surface area is 189 Å². The molecular weight excluding hydrogens is 425 g/mol. The molecule has 2 unspecified atom stereocenters. The van der Waals surface area contributed by atoms with E-state index in [0.717, 1.165) is 31.2 Å². The van der Waals surface area contributed by atoms with Gasteiger partial charge >= 0.3 is 0 Å². The van der Waals surface area contributed by atoms with E-state index >= 15 is 0 Å². The summed E-state index contributed by atoms with van der Waals surface area (Å²) in [6.07, 6.45) is 7.25. The quantitative estimate of drug-likeness (QED) is 0.521. The van der Waals surface area contributed by atoms with Gasteiger partial charge in [0.2, 0.25) is 0 Å². The molecule has 4 rings (SSSR count). The van der Waals surface area contributed by atoms with E-state index in [1.165, 1.54) is 23.7 Å². The van der Waals surface area contributed by atoms with Crippen molar-refractivity contribution >= 4 is 10.0 Å². The molecule has 1 aromatic heterocycles. The van der Waals surface area contributed by atoms with E-state index in [9.17, 15) is 12.8 Å². The first-order chi connectivity index (χ1) is 15.4.